The van der Waals surface area contributed by atoms with Gasteiger partial charge in [-0.3, -0.25) is 0 Å². The van der Waals surface area contributed by atoms with Gasteiger partial charge in [-0.15, -0.1) is 10.2 Å². The zero-order valence-corrected chi connectivity index (χ0v) is 16.9. The maximum absolute atomic E-state index is 6.30. The lowest BCUT2D eigenvalue weighted by Crippen LogP contribution is -2.17. The predicted octanol–water partition coefficient (Wildman–Crippen LogP) is 4.80. The lowest BCUT2D eigenvalue weighted by Gasteiger charge is -2.20. The number of ether oxygens (including phenoxy) is 1. The summed E-state index contributed by atoms with van der Waals surface area (Å²) in [5, 5.41) is 14.2. The zero-order valence-electron chi connectivity index (χ0n) is 15.3. The summed E-state index contributed by atoms with van der Waals surface area (Å²) >= 11 is 7.74. The molecule has 0 saturated heterocycles. The second kappa shape index (κ2) is 8.00. The first-order valence-electron chi connectivity index (χ1n) is 8.62. The number of methoxy groups -OCH3 is 1. The molecule has 0 aliphatic heterocycles. The Morgan fingerprint density at radius 2 is 1.89 bits per heavy atom. The van der Waals surface area contributed by atoms with Crippen LogP contribution in [0.3, 0.4) is 0 Å². The number of nitrogens with one attached hydrogen (secondary N) is 1. The fourth-order valence-electron chi connectivity index (χ4n) is 2.99. The van der Waals surface area contributed by atoms with Crippen LogP contribution < -0.4 is 10.1 Å². The first-order valence-corrected chi connectivity index (χ1v) is 9.82. The van der Waals surface area contributed by atoms with Crippen molar-refractivity contribution in [2.45, 2.75) is 6.04 Å². The van der Waals surface area contributed by atoms with Gasteiger partial charge in [-0.1, -0.05) is 59.3 Å². The Balaban J connectivity index is 1.72. The van der Waals surface area contributed by atoms with E-state index in [1.54, 1.807) is 13.3 Å². The fraction of sp³-hybridized carbons (Fsp3) is 0.150. The van der Waals surface area contributed by atoms with Crippen molar-refractivity contribution in [1.82, 2.24) is 19.7 Å². The van der Waals surface area contributed by atoms with Crippen molar-refractivity contribution < 1.29 is 4.74 Å². The lowest BCUT2D eigenvalue weighted by molar-refractivity contribution is 0.408. The van der Waals surface area contributed by atoms with Crippen LogP contribution in [-0.4, -0.2) is 26.9 Å². The van der Waals surface area contributed by atoms with Crippen molar-refractivity contribution in [1.29, 1.82) is 0 Å². The number of aryl methyl sites for hydroxylation is 1. The van der Waals surface area contributed by atoms with Gasteiger partial charge in [0.25, 0.3) is 0 Å². The van der Waals surface area contributed by atoms with Crippen LogP contribution >= 0.6 is 22.9 Å². The number of nitrogens with zero attached hydrogens (tertiary/aromatic N) is 4. The SMILES string of the molecule is COc1ccccc1C(Nc1nnc(-c2ccccc2Cl)s1)c1nccn1C. The number of imidazole rings is 1. The maximum Gasteiger partial charge on any atom is 0.206 e. The standard InChI is InChI=1S/C20H18ClN5OS/c1-26-12-11-22-18(26)17(14-8-4-6-10-16(14)27-2)23-20-25-24-19(28-20)13-7-3-5-9-15(13)21/h3-12,17H,1-2H3,(H,23,25). The Morgan fingerprint density at radius 1 is 1.11 bits per heavy atom. The Kier molecular flexibility index (Phi) is 5.27. The molecule has 4 rings (SSSR count). The summed E-state index contributed by atoms with van der Waals surface area (Å²) in [7, 11) is 3.62. The Bertz CT molecular complexity index is 1090. The molecule has 2 heterocycles. The van der Waals surface area contributed by atoms with E-state index < -0.39 is 0 Å². The second-order valence-corrected chi connectivity index (χ2v) is 7.49. The van der Waals surface area contributed by atoms with Gasteiger partial charge in [-0.2, -0.15) is 0 Å². The molecule has 0 bridgehead atoms. The molecule has 0 aliphatic carbocycles. The van der Waals surface area contributed by atoms with E-state index >= 15 is 0 Å². The number of hydrogen-bond acceptors (Lipinski definition) is 6. The number of para-hydroxylation sites is 1. The van der Waals surface area contributed by atoms with E-state index in [1.807, 2.05) is 66.3 Å². The quantitative estimate of drug-likeness (QED) is 0.493. The van der Waals surface area contributed by atoms with Crippen LogP contribution in [0.15, 0.2) is 60.9 Å². The van der Waals surface area contributed by atoms with Crippen LogP contribution in [0, 0.1) is 0 Å². The predicted molar refractivity (Wildman–Crippen MR) is 112 cm³/mol. The minimum Gasteiger partial charge on any atom is -0.496 e. The van der Waals surface area contributed by atoms with Gasteiger partial charge in [0, 0.05) is 30.6 Å². The minimum absolute atomic E-state index is 0.247. The van der Waals surface area contributed by atoms with Crippen molar-refractivity contribution in [2.24, 2.45) is 7.05 Å². The van der Waals surface area contributed by atoms with Gasteiger partial charge in [0.05, 0.1) is 12.1 Å². The highest BCUT2D eigenvalue weighted by molar-refractivity contribution is 7.18. The number of halogens is 1. The second-order valence-electron chi connectivity index (χ2n) is 6.11. The number of rotatable bonds is 6. The summed E-state index contributed by atoms with van der Waals surface area (Å²) in [4.78, 5) is 4.52. The third-order valence-corrected chi connectivity index (χ3v) is 5.58. The summed E-state index contributed by atoms with van der Waals surface area (Å²) in [6, 6.07) is 15.2. The average Bonchev–Trinajstić information content (AvgIpc) is 3.35. The van der Waals surface area contributed by atoms with E-state index in [2.05, 4.69) is 20.5 Å². The molecule has 2 aromatic heterocycles. The number of anilines is 1. The summed E-state index contributed by atoms with van der Waals surface area (Å²) in [5.41, 5.74) is 1.83. The van der Waals surface area contributed by atoms with Crippen LogP contribution in [0.5, 0.6) is 5.75 Å². The molecule has 1 N–H and O–H groups in total. The molecule has 1 unspecified atom stereocenters. The molecular formula is C20H18ClN5OS. The molecule has 0 saturated carbocycles. The lowest BCUT2D eigenvalue weighted by atomic mass is 10.1. The Hall–Kier alpha value is -2.90. The molecule has 4 aromatic rings. The van der Waals surface area contributed by atoms with Crippen molar-refractivity contribution >= 4 is 28.1 Å². The van der Waals surface area contributed by atoms with E-state index in [1.165, 1.54) is 11.3 Å². The van der Waals surface area contributed by atoms with Gasteiger partial charge < -0.3 is 14.6 Å². The molecular weight excluding hydrogens is 394 g/mol. The topological polar surface area (TPSA) is 64.9 Å². The van der Waals surface area contributed by atoms with Gasteiger partial charge in [-0.25, -0.2) is 4.98 Å². The average molecular weight is 412 g/mol. The number of hydrogen-bond donors (Lipinski definition) is 1. The first kappa shape index (κ1) is 18.5. The van der Waals surface area contributed by atoms with Crippen LogP contribution in [0.25, 0.3) is 10.6 Å². The molecule has 0 fully saturated rings. The summed E-state index contributed by atoms with van der Waals surface area (Å²) in [5.74, 6) is 1.62. The van der Waals surface area contributed by atoms with Crippen LogP contribution in [-0.2, 0) is 7.05 Å². The Morgan fingerprint density at radius 3 is 2.64 bits per heavy atom. The molecule has 142 valence electrons. The summed E-state index contributed by atoms with van der Waals surface area (Å²) < 4.78 is 7.54. The number of benzene rings is 2. The first-order chi connectivity index (χ1) is 13.7. The smallest absolute Gasteiger partial charge is 0.206 e. The highest BCUT2D eigenvalue weighted by Gasteiger charge is 2.23. The molecule has 0 spiro atoms. The van der Waals surface area contributed by atoms with Gasteiger partial charge >= 0.3 is 0 Å². The van der Waals surface area contributed by atoms with Gasteiger partial charge in [0.2, 0.25) is 5.13 Å². The van der Waals surface area contributed by atoms with Crippen LogP contribution in [0.4, 0.5) is 5.13 Å². The molecule has 28 heavy (non-hydrogen) atoms. The molecule has 0 radical (unpaired) electrons. The number of aromatic nitrogens is 4. The van der Waals surface area contributed by atoms with E-state index in [4.69, 9.17) is 16.3 Å². The molecule has 8 heteroatoms. The van der Waals surface area contributed by atoms with Gasteiger partial charge in [0.15, 0.2) is 5.01 Å². The highest BCUT2D eigenvalue weighted by atomic mass is 35.5. The molecule has 0 amide bonds. The maximum atomic E-state index is 6.30. The highest BCUT2D eigenvalue weighted by Crippen LogP contribution is 2.36. The largest absolute Gasteiger partial charge is 0.496 e. The van der Waals surface area contributed by atoms with E-state index in [9.17, 15) is 0 Å². The minimum atomic E-state index is -0.247. The zero-order chi connectivity index (χ0) is 19.5. The van der Waals surface area contributed by atoms with Crippen molar-refractivity contribution in [3.63, 3.8) is 0 Å². The van der Waals surface area contributed by atoms with Crippen molar-refractivity contribution in [2.75, 3.05) is 12.4 Å². The van der Waals surface area contributed by atoms with Crippen LogP contribution in [0.2, 0.25) is 5.02 Å². The third kappa shape index (κ3) is 3.58. The summed E-state index contributed by atoms with van der Waals surface area (Å²) in [6.07, 6.45) is 3.68. The molecule has 2 aromatic carbocycles. The normalized spacial score (nSPS) is 12.0. The Labute approximate surface area is 171 Å². The van der Waals surface area contributed by atoms with Crippen molar-refractivity contribution in [3.05, 3.63) is 77.3 Å². The fourth-order valence-corrected chi connectivity index (χ4v) is 4.08. The van der Waals surface area contributed by atoms with E-state index in [0.717, 1.165) is 27.7 Å². The summed E-state index contributed by atoms with van der Waals surface area (Å²) in [6.45, 7) is 0. The van der Waals surface area contributed by atoms with Gasteiger partial charge in [0.1, 0.15) is 17.6 Å². The van der Waals surface area contributed by atoms with E-state index in [-0.39, 0.29) is 6.04 Å². The van der Waals surface area contributed by atoms with Crippen LogP contribution in [0.1, 0.15) is 17.4 Å². The molecule has 0 aliphatic rings. The molecule has 6 nitrogen and oxygen atoms in total. The van der Waals surface area contributed by atoms with Crippen molar-refractivity contribution in [3.8, 4) is 16.3 Å². The van der Waals surface area contributed by atoms with Gasteiger partial charge in [-0.05, 0) is 12.1 Å². The third-order valence-electron chi connectivity index (χ3n) is 4.36. The molecule has 1 atom stereocenters. The monoisotopic (exact) mass is 411 g/mol. The van der Waals surface area contributed by atoms with E-state index in [0.29, 0.717) is 10.2 Å².